The fourth-order valence-corrected chi connectivity index (χ4v) is 4.41. The second-order valence-electron chi connectivity index (χ2n) is 7.26. The van der Waals surface area contributed by atoms with Gasteiger partial charge >= 0.3 is 0 Å². The molecule has 1 N–H and O–H groups in total. The number of carbonyl (C=O) groups is 4. The van der Waals surface area contributed by atoms with Gasteiger partial charge in [-0.25, -0.2) is 0 Å². The van der Waals surface area contributed by atoms with E-state index in [1.165, 1.54) is 11.8 Å². The van der Waals surface area contributed by atoms with E-state index in [4.69, 9.17) is 0 Å². The van der Waals surface area contributed by atoms with Crippen molar-refractivity contribution in [3.63, 3.8) is 0 Å². The van der Waals surface area contributed by atoms with Gasteiger partial charge in [-0.3, -0.25) is 24.1 Å². The van der Waals surface area contributed by atoms with Crippen LogP contribution in [0.4, 0.5) is 5.69 Å². The summed E-state index contributed by atoms with van der Waals surface area (Å²) in [6.45, 7) is 1.59. The van der Waals surface area contributed by atoms with Gasteiger partial charge in [0.05, 0.1) is 11.8 Å². The summed E-state index contributed by atoms with van der Waals surface area (Å²) in [4.78, 5) is 49.8. The third kappa shape index (κ3) is 2.66. The summed E-state index contributed by atoms with van der Waals surface area (Å²) in [6, 6.07) is 6.62. The van der Waals surface area contributed by atoms with Gasteiger partial charge in [0.2, 0.25) is 17.7 Å². The highest BCUT2D eigenvalue weighted by Gasteiger charge is 2.58. The van der Waals surface area contributed by atoms with E-state index < -0.39 is 0 Å². The Kier molecular flexibility index (Phi) is 3.98. The SMILES string of the molecule is CC(=O)c1ccc(NC(=O)CCN2C(=O)[C@@H]3[C@@H](C2=O)[C@H]2C=C[C@@H]3C2)cc1. The molecule has 134 valence electrons. The maximum atomic E-state index is 12.6. The van der Waals surface area contributed by atoms with E-state index in [-0.39, 0.29) is 60.1 Å². The van der Waals surface area contributed by atoms with E-state index >= 15 is 0 Å². The van der Waals surface area contributed by atoms with E-state index in [1.54, 1.807) is 24.3 Å². The van der Waals surface area contributed by atoms with Crippen LogP contribution in [0.15, 0.2) is 36.4 Å². The second-order valence-corrected chi connectivity index (χ2v) is 7.26. The number of imide groups is 1. The second kappa shape index (κ2) is 6.20. The van der Waals surface area contributed by atoms with Gasteiger partial charge < -0.3 is 5.32 Å². The van der Waals surface area contributed by atoms with Crippen LogP contribution in [0.2, 0.25) is 0 Å². The third-order valence-electron chi connectivity index (χ3n) is 5.70. The zero-order valence-electron chi connectivity index (χ0n) is 14.5. The summed E-state index contributed by atoms with van der Waals surface area (Å²) in [7, 11) is 0. The Hall–Kier alpha value is -2.76. The zero-order chi connectivity index (χ0) is 18.4. The summed E-state index contributed by atoms with van der Waals surface area (Å²) in [6.07, 6.45) is 5.07. The largest absolute Gasteiger partial charge is 0.326 e. The molecule has 0 unspecified atom stereocenters. The van der Waals surface area contributed by atoms with Gasteiger partial charge in [-0.2, -0.15) is 0 Å². The van der Waals surface area contributed by atoms with Crippen molar-refractivity contribution >= 4 is 29.2 Å². The van der Waals surface area contributed by atoms with Crippen LogP contribution >= 0.6 is 0 Å². The Bertz CT molecular complexity index is 797. The number of likely N-dealkylation sites (tertiary alicyclic amines) is 1. The standard InChI is InChI=1S/C20H20N2O4/c1-11(23)12-4-6-15(7-5-12)21-16(24)8-9-22-19(25)17-13-2-3-14(10-13)18(17)20(22)26/h2-7,13-14,17-18H,8-10H2,1H3,(H,21,24)/t13-,14+,17-,18-/m0/s1. The summed E-state index contributed by atoms with van der Waals surface area (Å²) in [5.41, 5.74) is 1.16. The van der Waals surface area contributed by atoms with E-state index in [2.05, 4.69) is 17.5 Å². The lowest BCUT2D eigenvalue weighted by molar-refractivity contribution is -0.140. The number of hydrogen-bond donors (Lipinski definition) is 1. The van der Waals surface area contributed by atoms with Gasteiger partial charge in [-0.15, -0.1) is 0 Å². The fourth-order valence-electron chi connectivity index (χ4n) is 4.41. The van der Waals surface area contributed by atoms with E-state index in [1.807, 2.05) is 0 Å². The highest BCUT2D eigenvalue weighted by Crippen LogP contribution is 2.52. The predicted molar refractivity (Wildman–Crippen MR) is 94.1 cm³/mol. The van der Waals surface area contributed by atoms with Gasteiger partial charge in [-0.1, -0.05) is 12.2 Å². The van der Waals surface area contributed by atoms with Crippen molar-refractivity contribution in [3.05, 3.63) is 42.0 Å². The molecule has 1 saturated heterocycles. The van der Waals surface area contributed by atoms with Crippen molar-refractivity contribution in [1.29, 1.82) is 0 Å². The lowest BCUT2D eigenvalue weighted by Gasteiger charge is -2.17. The summed E-state index contributed by atoms with van der Waals surface area (Å²) in [5.74, 6) is -0.646. The van der Waals surface area contributed by atoms with Crippen LogP contribution in [0.3, 0.4) is 0 Å². The molecule has 2 bridgehead atoms. The van der Waals surface area contributed by atoms with Gasteiger partial charge in [0.1, 0.15) is 0 Å². The van der Waals surface area contributed by atoms with Crippen molar-refractivity contribution in [2.75, 3.05) is 11.9 Å². The minimum absolute atomic E-state index is 0.0389. The number of carbonyl (C=O) groups excluding carboxylic acids is 4. The molecule has 6 nitrogen and oxygen atoms in total. The Labute approximate surface area is 151 Å². The molecule has 0 aromatic heterocycles. The molecule has 1 aromatic rings. The molecule has 1 aliphatic heterocycles. The lowest BCUT2D eigenvalue weighted by atomic mass is 9.85. The first kappa shape index (κ1) is 16.7. The topological polar surface area (TPSA) is 83.6 Å². The normalized spacial score (nSPS) is 28.6. The zero-order valence-corrected chi connectivity index (χ0v) is 14.5. The quantitative estimate of drug-likeness (QED) is 0.499. The smallest absolute Gasteiger partial charge is 0.233 e. The van der Waals surface area contributed by atoms with Gasteiger partial charge in [0, 0.05) is 24.2 Å². The molecule has 6 heteroatoms. The Balaban J connectivity index is 1.34. The molecule has 0 spiro atoms. The molecular weight excluding hydrogens is 332 g/mol. The first-order chi connectivity index (χ1) is 12.5. The van der Waals surface area contributed by atoms with E-state index in [0.29, 0.717) is 11.3 Å². The molecule has 3 amide bonds. The molecule has 26 heavy (non-hydrogen) atoms. The summed E-state index contributed by atoms with van der Waals surface area (Å²) in [5, 5.41) is 2.73. The average molecular weight is 352 g/mol. The minimum atomic E-state index is -0.265. The molecule has 2 fully saturated rings. The van der Waals surface area contributed by atoms with Crippen molar-refractivity contribution in [1.82, 2.24) is 4.90 Å². The number of allylic oxidation sites excluding steroid dienone is 2. The van der Waals surface area contributed by atoms with Crippen molar-refractivity contribution in [2.24, 2.45) is 23.7 Å². The molecular formula is C20H20N2O4. The van der Waals surface area contributed by atoms with Gasteiger partial charge in [-0.05, 0) is 49.4 Å². The molecule has 4 rings (SSSR count). The van der Waals surface area contributed by atoms with Gasteiger partial charge in [0.25, 0.3) is 0 Å². The molecule has 2 aliphatic carbocycles. The molecule has 1 heterocycles. The van der Waals surface area contributed by atoms with Crippen molar-refractivity contribution in [2.45, 2.75) is 19.8 Å². The maximum absolute atomic E-state index is 12.6. The molecule has 0 radical (unpaired) electrons. The van der Waals surface area contributed by atoms with Crippen LogP contribution in [-0.2, 0) is 14.4 Å². The van der Waals surface area contributed by atoms with Crippen LogP contribution in [-0.4, -0.2) is 34.9 Å². The Morgan fingerprint density at radius 3 is 2.15 bits per heavy atom. The maximum Gasteiger partial charge on any atom is 0.233 e. The third-order valence-corrected chi connectivity index (χ3v) is 5.70. The number of ketones is 1. The molecule has 4 atom stereocenters. The number of nitrogens with one attached hydrogen (secondary N) is 1. The summed E-state index contributed by atoms with van der Waals surface area (Å²) >= 11 is 0. The minimum Gasteiger partial charge on any atom is -0.326 e. The van der Waals surface area contributed by atoms with Crippen LogP contribution in [0.5, 0.6) is 0 Å². The summed E-state index contributed by atoms with van der Waals surface area (Å²) < 4.78 is 0. The van der Waals surface area contributed by atoms with E-state index in [9.17, 15) is 19.2 Å². The number of Topliss-reactive ketones (excluding diaryl/α,β-unsaturated/α-hetero) is 1. The number of hydrogen-bond acceptors (Lipinski definition) is 4. The number of anilines is 1. The first-order valence-corrected chi connectivity index (χ1v) is 8.90. The van der Waals surface area contributed by atoms with Gasteiger partial charge in [0.15, 0.2) is 5.78 Å². The number of benzene rings is 1. The highest BCUT2D eigenvalue weighted by molar-refractivity contribution is 6.06. The first-order valence-electron chi connectivity index (χ1n) is 8.90. The van der Waals surface area contributed by atoms with Crippen molar-refractivity contribution < 1.29 is 19.2 Å². The van der Waals surface area contributed by atoms with Crippen LogP contribution < -0.4 is 5.32 Å². The average Bonchev–Trinajstić information content (AvgIpc) is 3.28. The molecule has 1 saturated carbocycles. The monoisotopic (exact) mass is 352 g/mol. The Morgan fingerprint density at radius 1 is 1.04 bits per heavy atom. The highest BCUT2D eigenvalue weighted by atomic mass is 16.2. The van der Waals surface area contributed by atoms with Crippen LogP contribution in [0, 0.1) is 23.7 Å². The predicted octanol–water partition coefficient (Wildman–Crippen LogP) is 2.02. The number of amides is 3. The van der Waals surface area contributed by atoms with Crippen molar-refractivity contribution in [3.8, 4) is 0 Å². The van der Waals surface area contributed by atoms with E-state index in [0.717, 1.165) is 6.42 Å². The lowest BCUT2D eigenvalue weighted by Crippen LogP contribution is -2.35. The molecule has 1 aromatic carbocycles. The number of nitrogens with zero attached hydrogens (tertiary/aromatic N) is 1. The number of rotatable bonds is 5. The Morgan fingerprint density at radius 2 is 1.62 bits per heavy atom. The molecule has 3 aliphatic rings. The van der Waals surface area contributed by atoms with Crippen LogP contribution in [0.25, 0.3) is 0 Å². The van der Waals surface area contributed by atoms with Crippen LogP contribution in [0.1, 0.15) is 30.1 Å². The fraction of sp³-hybridized carbons (Fsp3) is 0.400. The number of fused-ring (bicyclic) bond motifs is 5.